The molecule has 2 N–H and O–H groups in total. The summed E-state index contributed by atoms with van der Waals surface area (Å²) in [4.78, 5) is 12.4. The van der Waals surface area contributed by atoms with Crippen molar-refractivity contribution in [3.8, 4) is 11.5 Å². The van der Waals surface area contributed by atoms with Gasteiger partial charge in [0.2, 0.25) is 0 Å². The first-order valence-corrected chi connectivity index (χ1v) is 7.11. The van der Waals surface area contributed by atoms with Gasteiger partial charge in [-0.2, -0.15) is 0 Å². The molecule has 0 saturated carbocycles. The average molecular weight is 315 g/mol. The quantitative estimate of drug-likeness (QED) is 0.530. The molecular formula is C16H17N3O4. The summed E-state index contributed by atoms with van der Waals surface area (Å²) in [5.74, 6) is 1.32. The van der Waals surface area contributed by atoms with Crippen molar-refractivity contribution in [1.29, 1.82) is 0 Å². The van der Waals surface area contributed by atoms with E-state index in [1.165, 1.54) is 12.1 Å². The van der Waals surface area contributed by atoms with Crippen LogP contribution in [-0.2, 0) is 6.42 Å². The van der Waals surface area contributed by atoms with E-state index in [1.54, 1.807) is 20.3 Å². The molecule has 1 aliphatic rings. The van der Waals surface area contributed by atoms with Crippen LogP contribution in [0.4, 0.5) is 22.7 Å². The summed E-state index contributed by atoms with van der Waals surface area (Å²) in [6.45, 7) is 0.744. The Morgan fingerprint density at radius 1 is 1.13 bits per heavy atom. The fourth-order valence-corrected chi connectivity index (χ4v) is 2.87. The molecule has 1 aliphatic heterocycles. The number of nitro groups is 1. The molecule has 0 saturated heterocycles. The first-order valence-electron chi connectivity index (χ1n) is 7.11. The van der Waals surface area contributed by atoms with Gasteiger partial charge in [-0.05, 0) is 24.1 Å². The molecular weight excluding hydrogens is 298 g/mol. The molecule has 0 unspecified atom stereocenters. The summed E-state index contributed by atoms with van der Waals surface area (Å²) in [6, 6.07) is 8.38. The van der Waals surface area contributed by atoms with Gasteiger partial charge >= 0.3 is 0 Å². The first-order chi connectivity index (χ1) is 11.0. The molecule has 2 aromatic carbocycles. The largest absolute Gasteiger partial charge is 0.493 e. The van der Waals surface area contributed by atoms with Crippen molar-refractivity contribution in [3.05, 3.63) is 46.0 Å². The fourth-order valence-electron chi connectivity index (χ4n) is 2.87. The van der Waals surface area contributed by atoms with Crippen LogP contribution >= 0.6 is 0 Å². The third kappa shape index (κ3) is 2.50. The molecule has 0 aromatic heterocycles. The third-order valence-corrected chi connectivity index (χ3v) is 3.99. The monoisotopic (exact) mass is 315 g/mol. The topological polar surface area (TPSA) is 90.9 Å². The van der Waals surface area contributed by atoms with Crippen LogP contribution in [0, 0.1) is 10.1 Å². The lowest BCUT2D eigenvalue weighted by molar-refractivity contribution is -0.384. The summed E-state index contributed by atoms with van der Waals surface area (Å²) in [7, 11) is 3.19. The van der Waals surface area contributed by atoms with Crippen LogP contribution in [-0.4, -0.2) is 25.7 Å². The standard InChI is InChI=1S/C16H17N3O4/c1-22-15-7-10-5-6-18(14(10)9-16(15)23-2)13-4-3-11(19(20)21)8-12(13)17/h3-4,7-9H,5-6,17H2,1-2H3. The van der Waals surface area contributed by atoms with Gasteiger partial charge in [0.25, 0.3) is 5.69 Å². The van der Waals surface area contributed by atoms with E-state index < -0.39 is 4.92 Å². The molecule has 0 bridgehead atoms. The van der Waals surface area contributed by atoms with Crippen molar-refractivity contribution < 1.29 is 14.4 Å². The number of rotatable bonds is 4. The lowest BCUT2D eigenvalue weighted by Gasteiger charge is -2.22. The van der Waals surface area contributed by atoms with Gasteiger partial charge in [-0.3, -0.25) is 10.1 Å². The van der Waals surface area contributed by atoms with Crippen LogP contribution in [0.2, 0.25) is 0 Å². The van der Waals surface area contributed by atoms with Crippen molar-refractivity contribution in [2.45, 2.75) is 6.42 Å². The second-order valence-electron chi connectivity index (χ2n) is 5.24. The second kappa shape index (κ2) is 5.68. The van der Waals surface area contributed by atoms with Crippen molar-refractivity contribution in [2.24, 2.45) is 0 Å². The summed E-state index contributed by atoms with van der Waals surface area (Å²) in [6.07, 6.45) is 0.839. The lowest BCUT2D eigenvalue weighted by Crippen LogP contribution is -2.15. The van der Waals surface area contributed by atoms with Crippen LogP contribution in [0.25, 0.3) is 0 Å². The number of nitrogens with two attached hydrogens (primary N) is 1. The molecule has 0 radical (unpaired) electrons. The van der Waals surface area contributed by atoms with Gasteiger partial charge in [-0.25, -0.2) is 0 Å². The van der Waals surface area contributed by atoms with Crippen molar-refractivity contribution in [1.82, 2.24) is 0 Å². The number of methoxy groups -OCH3 is 2. The molecule has 0 fully saturated rings. The number of non-ortho nitro benzene ring substituents is 1. The number of hydrogen-bond acceptors (Lipinski definition) is 6. The van der Waals surface area contributed by atoms with E-state index in [0.29, 0.717) is 17.2 Å². The van der Waals surface area contributed by atoms with Crippen LogP contribution in [0.5, 0.6) is 11.5 Å². The number of nitrogens with zero attached hydrogens (tertiary/aromatic N) is 2. The van der Waals surface area contributed by atoms with Crippen molar-refractivity contribution >= 4 is 22.7 Å². The maximum Gasteiger partial charge on any atom is 0.271 e. The third-order valence-electron chi connectivity index (χ3n) is 3.99. The lowest BCUT2D eigenvalue weighted by atomic mass is 10.1. The molecule has 120 valence electrons. The van der Waals surface area contributed by atoms with Gasteiger partial charge in [0, 0.05) is 30.4 Å². The SMILES string of the molecule is COc1cc2c(cc1OC)N(c1ccc([N+](=O)[O-])cc1N)CC2. The summed E-state index contributed by atoms with van der Waals surface area (Å²) < 4.78 is 10.7. The Morgan fingerprint density at radius 2 is 1.83 bits per heavy atom. The van der Waals surface area contributed by atoms with Crippen LogP contribution in [0.3, 0.4) is 0 Å². The van der Waals surface area contributed by atoms with Gasteiger partial charge < -0.3 is 20.1 Å². The highest BCUT2D eigenvalue weighted by molar-refractivity contribution is 5.81. The van der Waals surface area contributed by atoms with Gasteiger partial charge in [0.1, 0.15) is 0 Å². The number of anilines is 3. The molecule has 23 heavy (non-hydrogen) atoms. The van der Waals surface area contributed by atoms with E-state index in [4.69, 9.17) is 15.2 Å². The maximum atomic E-state index is 10.8. The van der Waals surface area contributed by atoms with Gasteiger partial charge in [0.15, 0.2) is 11.5 Å². The minimum Gasteiger partial charge on any atom is -0.493 e. The Hall–Kier alpha value is -2.96. The van der Waals surface area contributed by atoms with E-state index in [-0.39, 0.29) is 5.69 Å². The predicted molar refractivity (Wildman–Crippen MR) is 87.8 cm³/mol. The van der Waals surface area contributed by atoms with Crippen LogP contribution in [0.15, 0.2) is 30.3 Å². The molecule has 7 nitrogen and oxygen atoms in total. The zero-order valence-electron chi connectivity index (χ0n) is 12.9. The first kappa shape index (κ1) is 15.0. The Bertz CT molecular complexity index is 776. The molecule has 2 aromatic rings. The molecule has 0 atom stereocenters. The molecule has 0 amide bonds. The van der Waals surface area contributed by atoms with Crippen molar-refractivity contribution in [2.75, 3.05) is 31.4 Å². The number of fused-ring (bicyclic) bond motifs is 1. The Balaban J connectivity index is 2.04. The number of ether oxygens (including phenoxy) is 2. The van der Waals surface area contributed by atoms with Gasteiger partial charge in [0.05, 0.1) is 30.5 Å². The summed E-state index contributed by atoms with van der Waals surface area (Å²) in [5, 5.41) is 10.8. The highest BCUT2D eigenvalue weighted by Gasteiger charge is 2.25. The molecule has 7 heteroatoms. The Kier molecular flexibility index (Phi) is 3.69. The predicted octanol–water partition coefficient (Wildman–Crippen LogP) is 2.89. The zero-order valence-corrected chi connectivity index (χ0v) is 12.9. The average Bonchev–Trinajstić information content (AvgIpc) is 2.95. The number of hydrogen-bond donors (Lipinski definition) is 1. The Morgan fingerprint density at radius 3 is 2.43 bits per heavy atom. The van der Waals surface area contributed by atoms with Crippen molar-refractivity contribution in [3.63, 3.8) is 0 Å². The van der Waals surface area contributed by atoms with Gasteiger partial charge in [-0.1, -0.05) is 0 Å². The van der Waals surface area contributed by atoms with Crippen LogP contribution < -0.4 is 20.1 Å². The maximum absolute atomic E-state index is 10.8. The fraction of sp³-hybridized carbons (Fsp3) is 0.250. The highest BCUT2D eigenvalue weighted by atomic mass is 16.6. The van der Waals surface area contributed by atoms with E-state index in [0.717, 1.165) is 29.9 Å². The normalized spacial score (nSPS) is 12.9. The highest BCUT2D eigenvalue weighted by Crippen LogP contribution is 2.43. The minimum absolute atomic E-state index is 0.0158. The molecule has 0 aliphatic carbocycles. The van der Waals surface area contributed by atoms with E-state index in [1.807, 2.05) is 17.0 Å². The molecule has 1 heterocycles. The number of benzene rings is 2. The number of nitro benzene ring substituents is 1. The molecule has 3 rings (SSSR count). The van der Waals surface area contributed by atoms with E-state index in [9.17, 15) is 10.1 Å². The van der Waals surface area contributed by atoms with E-state index in [2.05, 4.69) is 0 Å². The Labute approximate surface area is 133 Å². The second-order valence-corrected chi connectivity index (χ2v) is 5.24. The zero-order chi connectivity index (χ0) is 16.6. The van der Waals surface area contributed by atoms with Gasteiger partial charge in [-0.15, -0.1) is 0 Å². The number of nitrogen functional groups attached to an aromatic ring is 1. The van der Waals surface area contributed by atoms with E-state index >= 15 is 0 Å². The summed E-state index contributed by atoms with van der Waals surface area (Å²) in [5.41, 5.74) is 9.23. The molecule has 0 spiro atoms. The van der Waals surface area contributed by atoms with Crippen LogP contribution in [0.1, 0.15) is 5.56 Å². The summed E-state index contributed by atoms with van der Waals surface area (Å²) >= 11 is 0. The minimum atomic E-state index is -0.452. The smallest absolute Gasteiger partial charge is 0.271 e.